The summed E-state index contributed by atoms with van der Waals surface area (Å²) in [4.78, 5) is 18.9. The van der Waals surface area contributed by atoms with Crippen LogP contribution in [0.25, 0.3) is 5.70 Å². The van der Waals surface area contributed by atoms with Crippen LogP contribution in [0.3, 0.4) is 0 Å². The van der Waals surface area contributed by atoms with Crippen molar-refractivity contribution in [2.24, 2.45) is 4.99 Å². The molecule has 31 heavy (non-hydrogen) atoms. The van der Waals surface area contributed by atoms with Gasteiger partial charge < -0.3 is 9.64 Å². The van der Waals surface area contributed by atoms with Gasteiger partial charge in [-0.15, -0.1) is 0 Å². The fourth-order valence-electron chi connectivity index (χ4n) is 4.27. The normalized spacial score (nSPS) is 14.8. The van der Waals surface area contributed by atoms with E-state index in [1.807, 2.05) is 12.1 Å². The van der Waals surface area contributed by atoms with Gasteiger partial charge in [-0.05, 0) is 34.4 Å². The monoisotopic (exact) mass is 408 g/mol. The lowest BCUT2D eigenvalue weighted by molar-refractivity contribution is -0.139. The number of benzene rings is 3. The lowest BCUT2D eigenvalue weighted by atomic mass is 10.0. The summed E-state index contributed by atoms with van der Waals surface area (Å²) in [6, 6.07) is 25.3. The second kappa shape index (κ2) is 8.23. The molecule has 2 aliphatic heterocycles. The maximum Gasteiger partial charge on any atom is 0.309 e. The summed E-state index contributed by atoms with van der Waals surface area (Å²) in [5, 5.41) is 0. The molecule has 4 nitrogen and oxygen atoms in total. The van der Waals surface area contributed by atoms with Crippen LogP contribution in [-0.2, 0) is 29.0 Å². The molecule has 0 radical (unpaired) electrons. The van der Waals surface area contributed by atoms with E-state index in [4.69, 9.17) is 9.73 Å². The number of anilines is 1. The Morgan fingerprint density at radius 3 is 2.58 bits per heavy atom. The van der Waals surface area contributed by atoms with Crippen molar-refractivity contribution in [1.82, 2.24) is 0 Å². The maximum absolute atomic E-state index is 11.6. The van der Waals surface area contributed by atoms with Gasteiger partial charge in [0.1, 0.15) is 0 Å². The van der Waals surface area contributed by atoms with Gasteiger partial charge >= 0.3 is 5.97 Å². The zero-order valence-corrected chi connectivity index (χ0v) is 17.5. The average molecular weight is 409 g/mol. The number of aliphatic imine (C=N–C) groups is 1. The smallest absolute Gasteiger partial charge is 0.309 e. The number of esters is 1. The summed E-state index contributed by atoms with van der Waals surface area (Å²) in [6.45, 7) is 1.71. The zero-order valence-electron chi connectivity index (χ0n) is 17.5. The summed E-state index contributed by atoms with van der Waals surface area (Å²) in [6.07, 6.45) is 3.39. The fourth-order valence-corrected chi connectivity index (χ4v) is 4.27. The highest BCUT2D eigenvalue weighted by Gasteiger charge is 2.21. The first-order chi connectivity index (χ1) is 15.2. The van der Waals surface area contributed by atoms with Gasteiger partial charge in [-0.2, -0.15) is 0 Å². The first-order valence-electron chi connectivity index (χ1n) is 10.6. The van der Waals surface area contributed by atoms with Crippen molar-refractivity contribution >= 4 is 23.1 Å². The molecule has 0 bridgehead atoms. The van der Waals surface area contributed by atoms with E-state index >= 15 is 0 Å². The SMILES string of the molecule is COC(=O)Cc1ccc2c(c1)CN(c1cccc(C3=CCC(c4ccccc4)=N3)c1)C2. The number of methoxy groups -OCH3 is 1. The number of nitrogens with zero attached hydrogens (tertiary/aromatic N) is 2. The molecule has 2 aliphatic rings. The van der Waals surface area contributed by atoms with Gasteiger partial charge in [-0.1, -0.05) is 66.7 Å². The first-order valence-corrected chi connectivity index (χ1v) is 10.6. The van der Waals surface area contributed by atoms with Gasteiger partial charge in [-0.25, -0.2) is 0 Å². The molecule has 0 amide bonds. The fraction of sp³-hybridized carbons (Fsp3) is 0.185. The highest BCUT2D eigenvalue weighted by Crippen LogP contribution is 2.32. The largest absolute Gasteiger partial charge is 0.469 e. The summed E-state index contributed by atoms with van der Waals surface area (Å²) >= 11 is 0. The van der Waals surface area contributed by atoms with Crippen molar-refractivity contribution in [2.75, 3.05) is 12.0 Å². The number of hydrogen-bond donors (Lipinski definition) is 0. The lowest BCUT2D eigenvalue weighted by Gasteiger charge is -2.18. The van der Waals surface area contributed by atoms with E-state index in [2.05, 4.69) is 71.6 Å². The van der Waals surface area contributed by atoms with E-state index in [-0.39, 0.29) is 5.97 Å². The molecule has 5 rings (SSSR count). The van der Waals surface area contributed by atoms with E-state index < -0.39 is 0 Å². The van der Waals surface area contributed by atoms with Crippen LogP contribution in [0, 0.1) is 0 Å². The molecule has 2 heterocycles. The molecule has 154 valence electrons. The van der Waals surface area contributed by atoms with Crippen LogP contribution in [0.2, 0.25) is 0 Å². The number of allylic oxidation sites excluding steroid dienone is 1. The summed E-state index contributed by atoms with van der Waals surface area (Å²) in [7, 11) is 1.43. The summed E-state index contributed by atoms with van der Waals surface area (Å²) < 4.78 is 4.80. The molecule has 0 fully saturated rings. The molecule has 4 heteroatoms. The van der Waals surface area contributed by atoms with Crippen LogP contribution in [0.1, 0.15) is 34.2 Å². The van der Waals surface area contributed by atoms with Crippen LogP contribution >= 0.6 is 0 Å². The van der Waals surface area contributed by atoms with Crippen molar-refractivity contribution in [3.05, 3.63) is 107 Å². The standard InChI is InChI=1S/C27H24N2O2/c1-31-27(30)15-19-10-11-22-17-29(18-23(22)14-19)24-9-5-8-21(16-24)26-13-12-25(28-26)20-6-3-2-4-7-20/h2-11,13-14,16H,12,15,17-18H2,1H3. The molecule has 0 spiro atoms. The van der Waals surface area contributed by atoms with E-state index in [9.17, 15) is 4.79 Å². The van der Waals surface area contributed by atoms with Gasteiger partial charge in [0, 0.05) is 30.8 Å². The van der Waals surface area contributed by atoms with Gasteiger partial charge in [0.05, 0.1) is 24.9 Å². The van der Waals surface area contributed by atoms with Crippen LogP contribution in [0.15, 0.2) is 83.9 Å². The molecule has 0 unspecified atom stereocenters. The van der Waals surface area contributed by atoms with E-state index in [0.717, 1.165) is 42.0 Å². The average Bonchev–Trinajstić information content (AvgIpc) is 3.47. The van der Waals surface area contributed by atoms with Crippen LogP contribution in [-0.4, -0.2) is 18.8 Å². The van der Waals surface area contributed by atoms with Crippen molar-refractivity contribution in [1.29, 1.82) is 0 Å². The number of hydrogen-bond acceptors (Lipinski definition) is 4. The minimum atomic E-state index is -0.206. The molecule has 0 aliphatic carbocycles. The highest BCUT2D eigenvalue weighted by molar-refractivity contribution is 6.07. The van der Waals surface area contributed by atoms with Crippen LogP contribution < -0.4 is 4.90 Å². The van der Waals surface area contributed by atoms with Gasteiger partial charge in [0.15, 0.2) is 0 Å². The number of ether oxygens (including phenoxy) is 1. The number of carbonyl (C=O) groups is 1. The molecule has 3 aromatic rings. The van der Waals surface area contributed by atoms with Crippen molar-refractivity contribution in [3.8, 4) is 0 Å². The van der Waals surface area contributed by atoms with Gasteiger partial charge in [-0.3, -0.25) is 9.79 Å². The predicted octanol–water partition coefficient (Wildman–Crippen LogP) is 5.16. The van der Waals surface area contributed by atoms with Crippen LogP contribution in [0.5, 0.6) is 0 Å². The lowest BCUT2D eigenvalue weighted by Crippen LogP contribution is -2.14. The molecule has 0 N–H and O–H groups in total. The Balaban J connectivity index is 1.34. The zero-order chi connectivity index (χ0) is 21.2. The van der Waals surface area contributed by atoms with Crippen molar-refractivity contribution in [2.45, 2.75) is 25.9 Å². The Morgan fingerprint density at radius 1 is 0.935 bits per heavy atom. The highest BCUT2D eigenvalue weighted by atomic mass is 16.5. The first kappa shape index (κ1) is 19.3. The number of carbonyl (C=O) groups excluding carboxylic acids is 1. The Morgan fingerprint density at radius 2 is 1.74 bits per heavy atom. The minimum Gasteiger partial charge on any atom is -0.469 e. The summed E-state index contributed by atoms with van der Waals surface area (Å²) in [5.74, 6) is -0.206. The van der Waals surface area contributed by atoms with Crippen molar-refractivity contribution in [3.63, 3.8) is 0 Å². The molecule has 0 aromatic heterocycles. The minimum absolute atomic E-state index is 0.206. The maximum atomic E-state index is 11.6. The molecule has 0 saturated heterocycles. The Kier molecular flexibility index (Phi) is 5.13. The molecule has 3 aromatic carbocycles. The second-order valence-electron chi connectivity index (χ2n) is 7.98. The Bertz CT molecular complexity index is 1190. The third kappa shape index (κ3) is 4.02. The Labute approximate surface area is 182 Å². The summed E-state index contributed by atoms with van der Waals surface area (Å²) in [5.41, 5.74) is 9.26. The third-order valence-electron chi connectivity index (χ3n) is 5.93. The molecule has 0 saturated carbocycles. The molecule has 0 atom stereocenters. The van der Waals surface area contributed by atoms with Crippen LogP contribution in [0.4, 0.5) is 5.69 Å². The quantitative estimate of drug-likeness (QED) is 0.548. The van der Waals surface area contributed by atoms with E-state index in [1.54, 1.807) is 0 Å². The van der Waals surface area contributed by atoms with Crippen molar-refractivity contribution < 1.29 is 9.53 Å². The van der Waals surface area contributed by atoms with E-state index in [1.165, 1.54) is 29.5 Å². The topological polar surface area (TPSA) is 41.9 Å². The predicted molar refractivity (Wildman–Crippen MR) is 124 cm³/mol. The number of rotatable bonds is 5. The van der Waals surface area contributed by atoms with E-state index in [0.29, 0.717) is 6.42 Å². The molecular weight excluding hydrogens is 384 g/mol. The third-order valence-corrected chi connectivity index (χ3v) is 5.93. The number of fused-ring (bicyclic) bond motifs is 1. The second-order valence-corrected chi connectivity index (χ2v) is 7.98. The van der Waals surface area contributed by atoms with Gasteiger partial charge in [0.25, 0.3) is 0 Å². The van der Waals surface area contributed by atoms with Gasteiger partial charge in [0.2, 0.25) is 0 Å². The Hall–Kier alpha value is -3.66. The molecular formula is C27H24N2O2.